The summed E-state index contributed by atoms with van der Waals surface area (Å²) in [7, 11) is 3.49. The minimum absolute atomic E-state index is 0.0109. The molecule has 1 aromatic carbocycles. The second-order valence-electron chi connectivity index (χ2n) is 4.52. The molecule has 22 heavy (non-hydrogen) atoms. The number of rotatable bonds is 7. The lowest BCUT2D eigenvalue weighted by Gasteiger charge is -2.10. The van der Waals surface area contributed by atoms with Gasteiger partial charge >= 0.3 is 0 Å². The molecule has 2 N–H and O–H groups in total. The molecule has 0 aliphatic heterocycles. The van der Waals surface area contributed by atoms with Crippen molar-refractivity contribution in [3.63, 3.8) is 0 Å². The van der Waals surface area contributed by atoms with E-state index in [1.807, 2.05) is 35.9 Å². The second-order valence-corrected chi connectivity index (χ2v) is 6.01. The van der Waals surface area contributed by atoms with Crippen LogP contribution in [0.4, 0.5) is 0 Å². The van der Waals surface area contributed by atoms with Gasteiger partial charge in [-0.3, -0.25) is 9.36 Å². The van der Waals surface area contributed by atoms with Crippen molar-refractivity contribution in [2.75, 3.05) is 19.8 Å². The van der Waals surface area contributed by atoms with Crippen LogP contribution in [0.15, 0.2) is 29.4 Å². The Labute approximate surface area is 138 Å². The van der Waals surface area contributed by atoms with Gasteiger partial charge in [-0.2, -0.15) is 0 Å². The largest absolute Gasteiger partial charge is 0.359 e. The van der Waals surface area contributed by atoms with Crippen LogP contribution in [0, 0.1) is 0 Å². The zero-order chi connectivity index (χ0) is 15.9. The highest BCUT2D eigenvalue weighted by Crippen LogP contribution is 2.24. The Bertz CT molecular complexity index is 646. The quantitative estimate of drug-likeness (QED) is 0.753. The molecule has 2 rings (SSSR count). The minimum atomic E-state index is 0.0109. The summed E-state index contributed by atoms with van der Waals surface area (Å²) in [6, 6.07) is 7.54. The van der Waals surface area contributed by atoms with Crippen molar-refractivity contribution in [2.24, 2.45) is 0 Å². The standard InChI is InChI=1S/C14H18ClN5OS/c1-16-9-12-18-19-14(22-7-6-13(21)17-2)20(12)11-5-3-4-10(15)8-11/h3-5,8,16H,6-7,9H2,1-2H3,(H,17,21). The van der Waals surface area contributed by atoms with E-state index in [2.05, 4.69) is 20.8 Å². The predicted molar refractivity (Wildman–Crippen MR) is 88.5 cm³/mol. The third-order valence-electron chi connectivity index (χ3n) is 2.94. The molecule has 0 bridgehead atoms. The lowest BCUT2D eigenvalue weighted by atomic mass is 10.3. The Hall–Kier alpha value is -1.57. The number of carbonyl (C=O) groups excluding carboxylic acids is 1. The number of nitrogens with zero attached hydrogens (tertiary/aromatic N) is 3. The molecule has 0 unspecified atom stereocenters. The number of hydrogen-bond donors (Lipinski definition) is 2. The molecule has 0 saturated heterocycles. The van der Waals surface area contributed by atoms with Gasteiger partial charge < -0.3 is 10.6 Å². The van der Waals surface area contributed by atoms with E-state index in [0.29, 0.717) is 23.7 Å². The Morgan fingerprint density at radius 2 is 2.18 bits per heavy atom. The molecular weight excluding hydrogens is 322 g/mol. The van der Waals surface area contributed by atoms with Crippen molar-refractivity contribution >= 4 is 29.3 Å². The molecule has 118 valence electrons. The van der Waals surface area contributed by atoms with Crippen molar-refractivity contribution < 1.29 is 4.79 Å². The summed E-state index contributed by atoms with van der Waals surface area (Å²) in [6.07, 6.45) is 0.435. The lowest BCUT2D eigenvalue weighted by molar-refractivity contribution is -0.120. The van der Waals surface area contributed by atoms with Crippen LogP contribution >= 0.6 is 23.4 Å². The van der Waals surface area contributed by atoms with Crippen molar-refractivity contribution in [1.82, 2.24) is 25.4 Å². The highest BCUT2D eigenvalue weighted by molar-refractivity contribution is 7.99. The minimum Gasteiger partial charge on any atom is -0.359 e. The molecule has 1 heterocycles. The van der Waals surface area contributed by atoms with E-state index in [1.54, 1.807) is 7.05 Å². The number of halogens is 1. The van der Waals surface area contributed by atoms with Gasteiger partial charge in [0, 0.05) is 24.2 Å². The second kappa shape index (κ2) is 8.17. The highest BCUT2D eigenvalue weighted by Gasteiger charge is 2.14. The highest BCUT2D eigenvalue weighted by atomic mass is 35.5. The van der Waals surface area contributed by atoms with Gasteiger partial charge in [0.15, 0.2) is 11.0 Å². The SMILES string of the molecule is CNCc1nnc(SCCC(=O)NC)n1-c1cccc(Cl)c1. The van der Waals surface area contributed by atoms with Crippen LogP contribution in [0.5, 0.6) is 0 Å². The van der Waals surface area contributed by atoms with Crippen LogP contribution in [0.25, 0.3) is 5.69 Å². The van der Waals surface area contributed by atoms with Gasteiger partial charge in [0.25, 0.3) is 0 Å². The van der Waals surface area contributed by atoms with Crippen LogP contribution in [0.3, 0.4) is 0 Å². The van der Waals surface area contributed by atoms with Crippen molar-refractivity contribution in [3.05, 3.63) is 35.1 Å². The molecule has 1 aromatic heterocycles. The van der Waals surface area contributed by atoms with Crippen LogP contribution in [-0.4, -0.2) is 40.5 Å². The first-order valence-corrected chi connectivity index (χ1v) is 8.20. The maximum atomic E-state index is 11.3. The van der Waals surface area contributed by atoms with E-state index in [-0.39, 0.29) is 5.91 Å². The van der Waals surface area contributed by atoms with Crippen molar-refractivity contribution in [3.8, 4) is 5.69 Å². The van der Waals surface area contributed by atoms with Gasteiger partial charge in [-0.25, -0.2) is 0 Å². The smallest absolute Gasteiger partial charge is 0.220 e. The summed E-state index contributed by atoms with van der Waals surface area (Å²) in [4.78, 5) is 11.3. The van der Waals surface area contributed by atoms with E-state index < -0.39 is 0 Å². The fraction of sp³-hybridized carbons (Fsp3) is 0.357. The first-order valence-electron chi connectivity index (χ1n) is 6.84. The number of hydrogen-bond acceptors (Lipinski definition) is 5. The molecule has 0 fully saturated rings. The maximum Gasteiger partial charge on any atom is 0.220 e. The molecule has 0 spiro atoms. The Morgan fingerprint density at radius 3 is 2.86 bits per heavy atom. The molecule has 1 amide bonds. The molecular formula is C14H18ClN5OS. The molecule has 2 aromatic rings. The number of nitrogens with one attached hydrogen (secondary N) is 2. The third kappa shape index (κ3) is 4.22. The average molecular weight is 340 g/mol. The predicted octanol–water partition coefficient (Wildman–Crippen LogP) is 1.87. The lowest BCUT2D eigenvalue weighted by Crippen LogP contribution is -2.18. The molecule has 0 atom stereocenters. The van der Waals surface area contributed by atoms with E-state index in [0.717, 1.165) is 16.7 Å². The fourth-order valence-corrected chi connectivity index (χ4v) is 2.99. The number of aromatic nitrogens is 3. The average Bonchev–Trinajstić information content (AvgIpc) is 2.90. The maximum absolute atomic E-state index is 11.3. The van der Waals surface area contributed by atoms with Gasteiger partial charge in [-0.1, -0.05) is 29.4 Å². The van der Waals surface area contributed by atoms with Gasteiger partial charge in [0.1, 0.15) is 0 Å². The van der Waals surface area contributed by atoms with Gasteiger partial charge in [0.2, 0.25) is 5.91 Å². The van der Waals surface area contributed by atoms with Crippen LogP contribution in [-0.2, 0) is 11.3 Å². The Balaban J connectivity index is 2.24. The van der Waals surface area contributed by atoms with Crippen LogP contribution in [0.2, 0.25) is 5.02 Å². The van der Waals surface area contributed by atoms with Gasteiger partial charge in [-0.05, 0) is 25.2 Å². The third-order valence-corrected chi connectivity index (χ3v) is 4.11. The summed E-state index contributed by atoms with van der Waals surface area (Å²) in [5, 5.41) is 15.5. The van der Waals surface area contributed by atoms with Gasteiger partial charge in [0.05, 0.1) is 12.2 Å². The van der Waals surface area contributed by atoms with E-state index in [9.17, 15) is 4.79 Å². The molecule has 0 aliphatic rings. The number of benzene rings is 1. The first kappa shape index (κ1) is 16.8. The zero-order valence-electron chi connectivity index (χ0n) is 12.5. The van der Waals surface area contributed by atoms with Crippen molar-refractivity contribution in [1.29, 1.82) is 0 Å². The molecule has 8 heteroatoms. The topological polar surface area (TPSA) is 71.8 Å². The zero-order valence-corrected chi connectivity index (χ0v) is 14.0. The van der Waals surface area contributed by atoms with Crippen molar-refractivity contribution in [2.45, 2.75) is 18.1 Å². The molecule has 6 nitrogen and oxygen atoms in total. The summed E-state index contributed by atoms with van der Waals surface area (Å²) >= 11 is 7.57. The number of amides is 1. The van der Waals surface area contributed by atoms with E-state index in [4.69, 9.17) is 11.6 Å². The summed E-state index contributed by atoms with van der Waals surface area (Å²) in [6.45, 7) is 0.593. The summed E-state index contributed by atoms with van der Waals surface area (Å²) in [5.74, 6) is 1.45. The van der Waals surface area contributed by atoms with E-state index >= 15 is 0 Å². The first-order chi connectivity index (χ1) is 10.7. The van der Waals surface area contributed by atoms with E-state index in [1.165, 1.54) is 11.8 Å². The molecule has 0 aliphatic carbocycles. The number of thioether (sulfide) groups is 1. The molecule has 0 saturated carbocycles. The van der Waals surface area contributed by atoms with Gasteiger partial charge in [-0.15, -0.1) is 10.2 Å². The van der Waals surface area contributed by atoms with Crippen LogP contribution in [0.1, 0.15) is 12.2 Å². The monoisotopic (exact) mass is 339 g/mol. The Kier molecular flexibility index (Phi) is 6.23. The number of carbonyl (C=O) groups is 1. The van der Waals surface area contributed by atoms with Crippen LogP contribution < -0.4 is 10.6 Å². The molecule has 0 radical (unpaired) electrons. The summed E-state index contributed by atoms with van der Waals surface area (Å²) in [5.41, 5.74) is 0.908. The normalized spacial score (nSPS) is 10.7. The Morgan fingerprint density at radius 1 is 1.36 bits per heavy atom. The fourth-order valence-electron chi connectivity index (χ4n) is 1.90. The summed E-state index contributed by atoms with van der Waals surface area (Å²) < 4.78 is 1.96.